The Bertz CT molecular complexity index is 937. The molecule has 3 nitrogen and oxygen atoms in total. The largest absolute Gasteiger partial charge is 0.493 e. The highest BCUT2D eigenvalue weighted by Crippen LogP contribution is 2.30. The molecule has 1 aliphatic rings. The zero-order chi connectivity index (χ0) is 17.9. The number of fused-ring (bicyclic) bond motifs is 1. The SMILES string of the molecule is O=C(NCC1COc2ccccc2C1)c1ccc(-c2ccccc2F)s1. The molecule has 0 spiro atoms. The molecule has 0 saturated carbocycles. The summed E-state index contributed by atoms with van der Waals surface area (Å²) >= 11 is 1.30. The first-order valence-corrected chi connectivity index (χ1v) is 9.36. The smallest absolute Gasteiger partial charge is 0.261 e. The predicted molar refractivity (Wildman–Crippen MR) is 101 cm³/mol. The molecule has 1 atom stereocenters. The van der Waals surface area contributed by atoms with Crippen LogP contribution in [0, 0.1) is 11.7 Å². The molecular formula is C21H18FNO2S. The standard InChI is InChI=1S/C21H18FNO2S/c22-17-7-3-2-6-16(17)19-9-10-20(26-19)21(24)23-12-14-11-15-5-1-4-8-18(15)25-13-14/h1-10,14H,11-13H2,(H,23,24). The van der Waals surface area contributed by atoms with Gasteiger partial charge in [-0.2, -0.15) is 0 Å². The maximum Gasteiger partial charge on any atom is 0.261 e. The van der Waals surface area contributed by atoms with Crippen LogP contribution in [0.1, 0.15) is 15.2 Å². The van der Waals surface area contributed by atoms with E-state index in [1.165, 1.54) is 23.0 Å². The second kappa shape index (κ2) is 7.30. The first-order chi connectivity index (χ1) is 12.7. The van der Waals surface area contributed by atoms with Gasteiger partial charge in [0.2, 0.25) is 0 Å². The summed E-state index contributed by atoms with van der Waals surface area (Å²) in [6, 6.07) is 18.1. The number of carbonyl (C=O) groups is 1. The van der Waals surface area contributed by atoms with E-state index in [1.807, 2.05) is 18.2 Å². The molecule has 0 aliphatic carbocycles. The average Bonchev–Trinajstić information content (AvgIpc) is 3.16. The number of ether oxygens (including phenoxy) is 1. The average molecular weight is 367 g/mol. The number of amides is 1. The van der Waals surface area contributed by atoms with Crippen LogP contribution in [0.2, 0.25) is 0 Å². The molecule has 5 heteroatoms. The summed E-state index contributed by atoms with van der Waals surface area (Å²) in [6.45, 7) is 1.16. The summed E-state index contributed by atoms with van der Waals surface area (Å²) in [7, 11) is 0. The van der Waals surface area contributed by atoms with Crippen LogP contribution in [0.15, 0.2) is 60.7 Å². The highest BCUT2D eigenvalue weighted by molar-refractivity contribution is 7.17. The van der Waals surface area contributed by atoms with E-state index in [2.05, 4.69) is 11.4 Å². The van der Waals surface area contributed by atoms with E-state index in [-0.39, 0.29) is 17.6 Å². The van der Waals surface area contributed by atoms with Gasteiger partial charge in [-0.1, -0.05) is 36.4 Å². The lowest BCUT2D eigenvalue weighted by molar-refractivity contribution is 0.0943. The van der Waals surface area contributed by atoms with Crippen LogP contribution >= 0.6 is 11.3 Å². The van der Waals surface area contributed by atoms with Crippen molar-refractivity contribution in [3.05, 3.63) is 76.9 Å². The normalized spacial score (nSPS) is 15.8. The van der Waals surface area contributed by atoms with Crippen LogP contribution in [-0.4, -0.2) is 19.1 Å². The van der Waals surface area contributed by atoms with E-state index in [4.69, 9.17) is 4.74 Å². The van der Waals surface area contributed by atoms with E-state index >= 15 is 0 Å². The van der Waals surface area contributed by atoms with Crippen molar-refractivity contribution >= 4 is 17.2 Å². The van der Waals surface area contributed by atoms with Gasteiger partial charge in [0.05, 0.1) is 11.5 Å². The number of halogens is 1. The molecule has 2 aromatic carbocycles. The lowest BCUT2D eigenvalue weighted by Gasteiger charge is -2.25. The first-order valence-electron chi connectivity index (χ1n) is 8.54. The summed E-state index contributed by atoms with van der Waals surface area (Å²) in [5, 5.41) is 2.98. The maximum atomic E-state index is 13.9. The van der Waals surface area contributed by atoms with Gasteiger partial charge >= 0.3 is 0 Å². The molecule has 1 N–H and O–H groups in total. The number of rotatable bonds is 4. The van der Waals surface area contributed by atoms with Crippen molar-refractivity contribution in [2.75, 3.05) is 13.2 Å². The van der Waals surface area contributed by atoms with Gasteiger partial charge in [-0.05, 0) is 36.2 Å². The van der Waals surface area contributed by atoms with Crippen LogP contribution < -0.4 is 10.1 Å². The minimum Gasteiger partial charge on any atom is -0.493 e. The number of carbonyl (C=O) groups excluding carboxylic acids is 1. The van der Waals surface area contributed by atoms with Gasteiger partial charge in [-0.3, -0.25) is 4.79 Å². The molecule has 2 heterocycles. The van der Waals surface area contributed by atoms with E-state index in [9.17, 15) is 9.18 Å². The zero-order valence-corrected chi connectivity index (χ0v) is 14.9. The summed E-state index contributed by atoms with van der Waals surface area (Å²) in [4.78, 5) is 13.8. The summed E-state index contributed by atoms with van der Waals surface area (Å²) in [6.07, 6.45) is 0.890. The third-order valence-corrected chi connectivity index (χ3v) is 5.59. The second-order valence-electron chi connectivity index (χ2n) is 6.34. The van der Waals surface area contributed by atoms with E-state index in [0.29, 0.717) is 23.6 Å². The second-order valence-corrected chi connectivity index (χ2v) is 7.43. The highest BCUT2D eigenvalue weighted by Gasteiger charge is 2.20. The Kier molecular flexibility index (Phi) is 4.71. The third-order valence-electron chi connectivity index (χ3n) is 4.48. The predicted octanol–water partition coefficient (Wildman–Crippen LogP) is 4.54. The fourth-order valence-electron chi connectivity index (χ4n) is 3.11. The summed E-state index contributed by atoms with van der Waals surface area (Å²) in [5.74, 6) is 0.776. The van der Waals surface area contributed by atoms with E-state index in [0.717, 1.165) is 17.0 Å². The molecular weight excluding hydrogens is 349 g/mol. The number of hydrogen-bond acceptors (Lipinski definition) is 3. The van der Waals surface area contributed by atoms with Gasteiger partial charge in [0.15, 0.2) is 0 Å². The summed E-state index contributed by atoms with van der Waals surface area (Å²) < 4.78 is 19.6. The number of thiophene rings is 1. The quantitative estimate of drug-likeness (QED) is 0.735. The first kappa shape index (κ1) is 16.8. The molecule has 26 heavy (non-hydrogen) atoms. The molecule has 0 radical (unpaired) electrons. The Morgan fingerprint density at radius 2 is 1.92 bits per heavy atom. The fraction of sp³-hybridized carbons (Fsp3) is 0.190. The molecule has 1 unspecified atom stereocenters. The Morgan fingerprint density at radius 1 is 1.12 bits per heavy atom. The van der Waals surface area contributed by atoms with E-state index < -0.39 is 0 Å². The Balaban J connectivity index is 1.38. The van der Waals surface area contributed by atoms with Gasteiger partial charge < -0.3 is 10.1 Å². The van der Waals surface area contributed by atoms with Crippen molar-refractivity contribution in [3.63, 3.8) is 0 Å². The molecule has 1 amide bonds. The third kappa shape index (κ3) is 3.48. The van der Waals surface area contributed by atoms with Crippen LogP contribution in [0.3, 0.4) is 0 Å². The molecule has 132 valence electrons. The van der Waals surface area contributed by atoms with Gasteiger partial charge in [0.1, 0.15) is 11.6 Å². The number of para-hydroxylation sites is 1. The molecule has 1 aromatic heterocycles. The van der Waals surface area contributed by atoms with Crippen molar-refractivity contribution in [3.8, 4) is 16.2 Å². The Labute approximate surface area is 155 Å². The molecule has 4 rings (SSSR count). The van der Waals surface area contributed by atoms with Crippen molar-refractivity contribution in [1.29, 1.82) is 0 Å². The molecule has 3 aromatic rings. The van der Waals surface area contributed by atoms with Gasteiger partial charge in [0.25, 0.3) is 5.91 Å². The Morgan fingerprint density at radius 3 is 2.81 bits per heavy atom. The lowest BCUT2D eigenvalue weighted by Crippen LogP contribution is -2.34. The molecule has 1 aliphatic heterocycles. The van der Waals surface area contributed by atoms with Crippen LogP contribution in [0.5, 0.6) is 5.75 Å². The minimum absolute atomic E-state index is 0.128. The molecule has 0 fully saturated rings. The van der Waals surface area contributed by atoms with Crippen molar-refractivity contribution in [2.24, 2.45) is 5.92 Å². The highest BCUT2D eigenvalue weighted by atomic mass is 32.1. The number of hydrogen-bond donors (Lipinski definition) is 1. The number of nitrogens with one attached hydrogen (secondary N) is 1. The number of benzene rings is 2. The van der Waals surface area contributed by atoms with Gasteiger partial charge in [0, 0.05) is 22.9 Å². The van der Waals surface area contributed by atoms with Gasteiger partial charge in [-0.25, -0.2) is 4.39 Å². The van der Waals surface area contributed by atoms with E-state index in [1.54, 1.807) is 30.3 Å². The Hall–Kier alpha value is -2.66. The van der Waals surface area contributed by atoms with Gasteiger partial charge in [-0.15, -0.1) is 11.3 Å². The summed E-state index contributed by atoms with van der Waals surface area (Å²) in [5.41, 5.74) is 1.70. The van der Waals surface area contributed by atoms with Crippen LogP contribution in [-0.2, 0) is 6.42 Å². The van der Waals surface area contributed by atoms with Crippen LogP contribution in [0.4, 0.5) is 4.39 Å². The lowest BCUT2D eigenvalue weighted by atomic mass is 9.97. The zero-order valence-electron chi connectivity index (χ0n) is 14.1. The topological polar surface area (TPSA) is 38.3 Å². The minimum atomic E-state index is -0.278. The van der Waals surface area contributed by atoms with Crippen molar-refractivity contribution in [2.45, 2.75) is 6.42 Å². The van der Waals surface area contributed by atoms with Crippen LogP contribution in [0.25, 0.3) is 10.4 Å². The molecule has 0 bridgehead atoms. The maximum absolute atomic E-state index is 13.9. The van der Waals surface area contributed by atoms with Crippen molar-refractivity contribution < 1.29 is 13.9 Å². The van der Waals surface area contributed by atoms with Crippen molar-refractivity contribution in [1.82, 2.24) is 5.32 Å². The molecule has 0 saturated heterocycles. The monoisotopic (exact) mass is 367 g/mol. The fourth-order valence-corrected chi connectivity index (χ4v) is 4.06.